The summed E-state index contributed by atoms with van der Waals surface area (Å²) in [6.07, 6.45) is 1.62. The van der Waals surface area contributed by atoms with Crippen molar-refractivity contribution >= 4 is 27.3 Å². The van der Waals surface area contributed by atoms with Crippen molar-refractivity contribution in [3.05, 3.63) is 53.0 Å². The third kappa shape index (κ3) is 1.94. The summed E-state index contributed by atoms with van der Waals surface area (Å²) in [6, 6.07) is 9.36. The van der Waals surface area contributed by atoms with Crippen LogP contribution in [0.2, 0.25) is 0 Å². The van der Waals surface area contributed by atoms with Crippen LogP contribution >= 0.6 is 11.3 Å². The number of aromatic nitrogens is 1. The van der Waals surface area contributed by atoms with Gasteiger partial charge in [-0.15, -0.1) is 11.3 Å². The molecule has 3 rings (SSSR count). The minimum Gasteiger partial charge on any atom is -0.508 e. The lowest BCUT2D eigenvalue weighted by molar-refractivity contribution is 0.104. The van der Waals surface area contributed by atoms with Gasteiger partial charge in [0.05, 0.1) is 5.39 Å². The van der Waals surface area contributed by atoms with E-state index in [-0.39, 0.29) is 22.2 Å². The standard InChI is InChI=1S/C14H9NO3S/c16-9-5-3-8(4-6-9)11(17)13-12(18)10-2-1-7-15-14(10)19-13/h1-7,16,18H. The summed E-state index contributed by atoms with van der Waals surface area (Å²) in [7, 11) is 0. The van der Waals surface area contributed by atoms with Gasteiger partial charge in [-0.1, -0.05) is 0 Å². The first-order valence-electron chi connectivity index (χ1n) is 5.57. The quantitative estimate of drug-likeness (QED) is 0.703. The molecule has 0 aliphatic heterocycles. The number of carbonyl (C=O) groups excluding carboxylic acids is 1. The molecule has 2 N–H and O–H groups in total. The molecule has 0 bridgehead atoms. The number of benzene rings is 1. The number of phenolic OH excluding ortho intramolecular Hbond substituents is 1. The van der Waals surface area contributed by atoms with Gasteiger partial charge in [-0.2, -0.15) is 0 Å². The molecular weight excluding hydrogens is 262 g/mol. The molecule has 19 heavy (non-hydrogen) atoms. The molecule has 0 radical (unpaired) electrons. The lowest BCUT2D eigenvalue weighted by Crippen LogP contribution is -1.98. The van der Waals surface area contributed by atoms with Gasteiger partial charge in [-0.3, -0.25) is 4.79 Å². The molecule has 2 heterocycles. The third-order valence-corrected chi connectivity index (χ3v) is 3.88. The Morgan fingerprint density at radius 1 is 1.11 bits per heavy atom. The van der Waals surface area contributed by atoms with E-state index in [1.165, 1.54) is 24.3 Å². The normalized spacial score (nSPS) is 10.7. The fourth-order valence-corrected chi connectivity index (χ4v) is 2.82. The average molecular weight is 271 g/mol. The predicted octanol–water partition coefficient (Wildman–Crippen LogP) is 2.94. The molecule has 0 saturated heterocycles. The fourth-order valence-electron chi connectivity index (χ4n) is 1.82. The van der Waals surface area contributed by atoms with Crippen molar-refractivity contribution in [3.63, 3.8) is 0 Å². The predicted molar refractivity (Wildman–Crippen MR) is 72.8 cm³/mol. The minimum absolute atomic E-state index is 0.0359. The first-order chi connectivity index (χ1) is 9.16. The molecule has 0 amide bonds. The van der Waals surface area contributed by atoms with Gasteiger partial charge in [0, 0.05) is 11.8 Å². The summed E-state index contributed by atoms with van der Waals surface area (Å²) < 4.78 is 0. The Morgan fingerprint density at radius 2 is 1.84 bits per heavy atom. The lowest BCUT2D eigenvalue weighted by atomic mass is 10.1. The Labute approximate surface area is 112 Å². The molecule has 0 atom stereocenters. The van der Waals surface area contributed by atoms with Gasteiger partial charge < -0.3 is 10.2 Å². The number of ketones is 1. The average Bonchev–Trinajstić information content (AvgIpc) is 2.77. The Bertz CT molecular complexity index is 762. The second-order valence-corrected chi connectivity index (χ2v) is 5.01. The van der Waals surface area contributed by atoms with Crippen LogP contribution in [-0.2, 0) is 0 Å². The smallest absolute Gasteiger partial charge is 0.206 e. The molecule has 94 valence electrons. The summed E-state index contributed by atoms with van der Waals surface area (Å²) in [4.78, 5) is 17.3. The van der Waals surface area contributed by atoms with Crippen LogP contribution < -0.4 is 0 Å². The van der Waals surface area contributed by atoms with Gasteiger partial charge in [0.2, 0.25) is 5.78 Å². The van der Waals surface area contributed by atoms with Crippen LogP contribution in [0, 0.1) is 0 Å². The van der Waals surface area contributed by atoms with Crippen molar-refractivity contribution in [2.45, 2.75) is 0 Å². The maximum absolute atomic E-state index is 12.3. The maximum atomic E-state index is 12.3. The van der Waals surface area contributed by atoms with Crippen molar-refractivity contribution < 1.29 is 15.0 Å². The first-order valence-corrected chi connectivity index (χ1v) is 6.38. The molecule has 3 aromatic rings. The van der Waals surface area contributed by atoms with E-state index in [2.05, 4.69) is 4.98 Å². The van der Waals surface area contributed by atoms with Gasteiger partial charge in [0.1, 0.15) is 21.2 Å². The fraction of sp³-hybridized carbons (Fsp3) is 0. The van der Waals surface area contributed by atoms with Crippen molar-refractivity contribution in [2.75, 3.05) is 0 Å². The van der Waals surface area contributed by atoms with Crippen molar-refractivity contribution in [3.8, 4) is 11.5 Å². The van der Waals surface area contributed by atoms with Crippen LogP contribution in [-0.4, -0.2) is 21.0 Å². The Balaban J connectivity index is 2.11. The number of fused-ring (bicyclic) bond motifs is 1. The summed E-state index contributed by atoms with van der Waals surface area (Å²) in [5, 5.41) is 19.9. The lowest BCUT2D eigenvalue weighted by Gasteiger charge is -1.99. The van der Waals surface area contributed by atoms with Gasteiger partial charge in [0.25, 0.3) is 0 Å². The number of carbonyl (C=O) groups is 1. The number of pyridine rings is 1. The number of hydrogen-bond acceptors (Lipinski definition) is 5. The van der Waals surface area contributed by atoms with Crippen LogP contribution in [0.25, 0.3) is 10.2 Å². The van der Waals surface area contributed by atoms with Gasteiger partial charge in [-0.05, 0) is 36.4 Å². The van der Waals surface area contributed by atoms with E-state index >= 15 is 0 Å². The highest BCUT2D eigenvalue weighted by Crippen LogP contribution is 2.36. The SMILES string of the molecule is O=C(c1ccc(O)cc1)c1sc2ncccc2c1O. The van der Waals surface area contributed by atoms with Crippen LogP contribution in [0.1, 0.15) is 15.2 Å². The minimum atomic E-state index is -0.277. The van der Waals surface area contributed by atoms with Gasteiger partial charge in [-0.25, -0.2) is 4.98 Å². The van der Waals surface area contributed by atoms with E-state index in [1.54, 1.807) is 18.3 Å². The Hall–Kier alpha value is -2.40. The number of aromatic hydroxyl groups is 2. The molecule has 0 aliphatic rings. The second-order valence-electron chi connectivity index (χ2n) is 4.01. The molecule has 0 unspecified atom stereocenters. The zero-order chi connectivity index (χ0) is 13.4. The van der Waals surface area contributed by atoms with E-state index in [4.69, 9.17) is 0 Å². The van der Waals surface area contributed by atoms with E-state index in [0.29, 0.717) is 15.8 Å². The summed E-state index contributed by atoms with van der Waals surface area (Å²) >= 11 is 1.16. The largest absolute Gasteiger partial charge is 0.508 e. The zero-order valence-electron chi connectivity index (χ0n) is 9.70. The van der Waals surface area contributed by atoms with Crippen molar-refractivity contribution in [1.29, 1.82) is 0 Å². The summed E-state index contributed by atoms with van der Waals surface area (Å²) in [6.45, 7) is 0. The van der Waals surface area contributed by atoms with Crippen molar-refractivity contribution in [2.24, 2.45) is 0 Å². The number of rotatable bonds is 2. The number of hydrogen-bond donors (Lipinski definition) is 2. The molecule has 0 fully saturated rings. The van der Waals surface area contributed by atoms with E-state index < -0.39 is 0 Å². The van der Waals surface area contributed by atoms with Crippen LogP contribution in [0.4, 0.5) is 0 Å². The van der Waals surface area contributed by atoms with E-state index in [9.17, 15) is 15.0 Å². The Kier molecular flexibility index (Phi) is 2.68. The number of thiophene rings is 1. The monoisotopic (exact) mass is 271 g/mol. The molecule has 0 spiro atoms. The highest BCUT2D eigenvalue weighted by atomic mass is 32.1. The maximum Gasteiger partial charge on any atom is 0.206 e. The van der Waals surface area contributed by atoms with Crippen LogP contribution in [0.5, 0.6) is 11.5 Å². The first kappa shape index (κ1) is 11.7. The summed E-state index contributed by atoms with van der Waals surface area (Å²) in [5.74, 6) is -0.217. The summed E-state index contributed by atoms with van der Waals surface area (Å²) in [5.41, 5.74) is 0.416. The molecular formula is C14H9NO3S. The van der Waals surface area contributed by atoms with Crippen LogP contribution in [0.3, 0.4) is 0 Å². The van der Waals surface area contributed by atoms with Crippen LogP contribution in [0.15, 0.2) is 42.6 Å². The van der Waals surface area contributed by atoms with E-state index in [1.807, 2.05) is 0 Å². The highest BCUT2D eigenvalue weighted by molar-refractivity contribution is 7.21. The van der Waals surface area contributed by atoms with Crippen molar-refractivity contribution in [1.82, 2.24) is 4.98 Å². The molecule has 5 heteroatoms. The highest BCUT2D eigenvalue weighted by Gasteiger charge is 2.19. The van der Waals surface area contributed by atoms with Gasteiger partial charge >= 0.3 is 0 Å². The third-order valence-electron chi connectivity index (χ3n) is 2.78. The topological polar surface area (TPSA) is 70.4 Å². The van der Waals surface area contributed by atoms with Gasteiger partial charge in [0.15, 0.2) is 0 Å². The molecule has 2 aromatic heterocycles. The van der Waals surface area contributed by atoms with E-state index in [0.717, 1.165) is 11.3 Å². The second kappa shape index (κ2) is 4.37. The Morgan fingerprint density at radius 3 is 2.53 bits per heavy atom. The molecule has 0 aliphatic carbocycles. The number of phenols is 1. The number of nitrogens with zero attached hydrogens (tertiary/aromatic N) is 1. The molecule has 1 aromatic carbocycles. The zero-order valence-corrected chi connectivity index (χ0v) is 10.5. The molecule has 0 saturated carbocycles. The molecule has 4 nitrogen and oxygen atoms in total.